The smallest absolute Gasteiger partial charge is 0.239 e. The first-order valence-electron chi connectivity index (χ1n) is 9.83. The number of fused-ring (bicyclic) bond motifs is 1. The van der Waals surface area contributed by atoms with Crippen molar-refractivity contribution in [2.75, 3.05) is 34.0 Å². The van der Waals surface area contributed by atoms with Crippen LogP contribution in [0.3, 0.4) is 0 Å². The molecule has 30 heavy (non-hydrogen) atoms. The molecule has 0 saturated carbocycles. The third-order valence-corrected chi connectivity index (χ3v) is 4.43. The van der Waals surface area contributed by atoms with Gasteiger partial charge in [0.05, 0.1) is 34.0 Å². The summed E-state index contributed by atoms with van der Waals surface area (Å²) in [6.07, 6.45) is 0. The van der Waals surface area contributed by atoms with Gasteiger partial charge >= 0.3 is 0 Å². The minimum atomic E-state index is -0.325. The fourth-order valence-corrected chi connectivity index (χ4v) is 3.22. The second kappa shape index (κ2) is 9.43. The molecule has 7 nitrogen and oxygen atoms in total. The summed E-state index contributed by atoms with van der Waals surface area (Å²) in [5.41, 5.74) is 0.642. The van der Waals surface area contributed by atoms with Crippen LogP contribution in [0.1, 0.15) is 20.8 Å². The highest BCUT2D eigenvalue weighted by Crippen LogP contribution is 2.39. The molecule has 0 radical (unpaired) electrons. The van der Waals surface area contributed by atoms with Gasteiger partial charge in [0.25, 0.3) is 0 Å². The van der Waals surface area contributed by atoms with E-state index >= 15 is 0 Å². The van der Waals surface area contributed by atoms with Crippen LogP contribution >= 0.6 is 0 Å². The van der Waals surface area contributed by atoms with Gasteiger partial charge in [-0.3, -0.25) is 4.79 Å². The van der Waals surface area contributed by atoms with E-state index in [-0.39, 0.29) is 16.9 Å². The molecular formula is C23H26O7. The molecule has 1 heterocycles. The Morgan fingerprint density at radius 3 is 2.13 bits per heavy atom. The Morgan fingerprint density at radius 2 is 1.50 bits per heavy atom. The number of ether oxygens (including phenoxy) is 5. The third kappa shape index (κ3) is 4.01. The quantitative estimate of drug-likeness (QED) is 0.503. The lowest BCUT2D eigenvalue weighted by atomic mass is 10.1. The molecule has 0 aliphatic rings. The van der Waals surface area contributed by atoms with E-state index in [0.717, 1.165) is 0 Å². The van der Waals surface area contributed by atoms with Crippen molar-refractivity contribution in [3.05, 3.63) is 40.6 Å². The van der Waals surface area contributed by atoms with E-state index in [2.05, 4.69) is 0 Å². The van der Waals surface area contributed by atoms with Gasteiger partial charge in [-0.15, -0.1) is 0 Å². The Kier molecular flexibility index (Phi) is 6.72. The predicted octanol–water partition coefficient (Wildman–Crippen LogP) is 4.67. The van der Waals surface area contributed by atoms with Crippen molar-refractivity contribution in [3.63, 3.8) is 0 Å². The number of hydrogen-bond donors (Lipinski definition) is 0. The normalized spacial score (nSPS) is 10.7. The van der Waals surface area contributed by atoms with Crippen molar-refractivity contribution >= 4 is 11.0 Å². The molecule has 0 fully saturated rings. The largest absolute Gasteiger partial charge is 0.494 e. The van der Waals surface area contributed by atoms with Crippen LogP contribution in [0.4, 0.5) is 0 Å². The first kappa shape index (κ1) is 21.4. The fourth-order valence-electron chi connectivity index (χ4n) is 3.22. The molecule has 160 valence electrons. The zero-order valence-corrected chi connectivity index (χ0v) is 17.9. The molecule has 2 aromatic carbocycles. The molecule has 0 spiro atoms. The second-order valence-electron chi connectivity index (χ2n) is 6.25. The van der Waals surface area contributed by atoms with Crippen molar-refractivity contribution in [2.45, 2.75) is 20.8 Å². The zero-order chi connectivity index (χ0) is 21.7. The molecule has 0 atom stereocenters. The molecule has 0 aliphatic heterocycles. The molecule has 3 aromatic rings. The topological polar surface area (TPSA) is 76.4 Å². The van der Waals surface area contributed by atoms with Crippen molar-refractivity contribution < 1.29 is 28.1 Å². The Hall–Kier alpha value is -3.35. The third-order valence-electron chi connectivity index (χ3n) is 4.43. The standard InChI is InChI=1S/C23H26O7/c1-6-27-15-12-18(29-8-3)20-19(13-15)30-22(23(26-5)21(20)24)14-9-10-16(25-4)17(11-14)28-7-2/h9-13H,6-8H2,1-5H3. The maximum absolute atomic E-state index is 13.3. The minimum Gasteiger partial charge on any atom is -0.494 e. The number of hydrogen-bond acceptors (Lipinski definition) is 7. The van der Waals surface area contributed by atoms with Crippen molar-refractivity contribution in [1.29, 1.82) is 0 Å². The fraction of sp³-hybridized carbons (Fsp3) is 0.348. The van der Waals surface area contributed by atoms with Gasteiger partial charge in [-0.1, -0.05) is 0 Å². The molecule has 3 rings (SSSR count). The van der Waals surface area contributed by atoms with Crippen LogP contribution in [0.2, 0.25) is 0 Å². The highest BCUT2D eigenvalue weighted by Gasteiger charge is 2.22. The SMILES string of the molecule is CCOc1cc(OCC)c2c(=O)c(OC)c(-c3ccc(OC)c(OCC)c3)oc2c1. The van der Waals surface area contributed by atoms with E-state index in [1.807, 2.05) is 20.8 Å². The zero-order valence-electron chi connectivity index (χ0n) is 17.9. The maximum atomic E-state index is 13.3. The molecule has 0 unspecified atom stereocenters. The Labute approximate surface area is 175 Å². The van der Waals surface area contributed by atoms with Gasteiger partial charge in [0.15, 0.2) is 17.3 Å². The summed E-state index contributed by atoms with van der Waals surface area (Å²) in [6, 6.07) is 8.66. The maximum Gasteiger partial charge on any atom is 0.239 e. The van der Waals surface area contributed by atoms with Crippen molar-refractivity contribution in [3.8, 4) is 40.1 Å². The first-order valence-corrected chi connectivity index (χ1v) is 9.83. The summed E-state index contributed by atoms with van der Waals surface area (Å²) in [5.74, 6) is 2.44. The second-order valence-corrected chi connectivity index (χ2v) is 6.25. The highest BCUT2D eigenvalue weighted by atomic mass is 16.5. The van der Waals surface area contributed by atoms with Crippen molar-refractivity contribution in [2.24, 2.45) is 0 Å². The Morgan fingerprint density at radius 1 is 0.800 bits per heavy atom. The van der Waals surface area contributed by atoms with E-state index in [1.54, 1.807) is 37.4 Å². The van der Waals surface area contributed by atoms with Crippen LogP contribution in [-0.4, -0.2) is 34.0 Å². The summed E-state index contributed by atoms with van der Waals surface area (Å²) in [7, 11) is 3.00. The van der Waals surface area contributed by atoms with Crippen LogP contribution in [0.15, 0.2) is 39.5 Å². The van der Waals surface area contributed by atoms with Crippen LogP contribution in [-0.2, 0) is 0 Å². The van der Waals surface area contributed by atoms with Gasteiger partial charge in [0.1, 0.15) is 22.5 Å². The van der Waals surface area contributed by atoms with Crippen LogP contribution in [0.25, 0.3) is 22.3 Å². The summed E-state index contributed by atoms with van der Waals surface area (Å²) in [4.78, 5) is 13.3. The Bertz CT molecular complexity index is 1090. The number of benzene rings is 2. The van der Waals surface area contributed by atoms with Gasteiger partial charge in [-0.25, -0.2) is 0 Å². The average Bonchev–Trinajstić information content (AvgIpc) is 2.74. The molecule has 0 N–H and O–H groups in total. The van der Waals surface area contributed by atoms with Gasteiger partial charge in [-0.2, -0.15) is 0 Å². The molecular weight excluding hydrogens is 388 g/mol. The van der Waals surface area contributed by atoms with E-state index in [9.17, 15) is 4.79 Å². The lowest BCUT2D eigenvalue weighted by molar-refractivity contribution is 0.311. The first-order chi connectivity index (χ1) is 14.6. The highest BCUT2D eigenvalue weighted by molar-refractivity contribution is 5.88. The summed E-state index contributed by atoms with van der Waals surface area (Å²) in [6.45, 7) is 6.94. The molecule has 0 aliphatic carbocycles. The molecule has 0 amide bonds. The van der Waals surface area contributed by atoms with Crippen LogP contribution < -0.4 is 29.1 Å². The van der Waals surface area contributed by atoms with E-state index < -0.39 is 0 Å². The molecule has 0 bridgehead atoms. The van der Waals surface area contributed by atoms with Crippen LogP contribution in [0.5, 0.6) is 28.7 Å². The van der Waals surface area contributed by atoms with Gasteiger partial charge in [-0.05, 0) is 39.0 Å². The Balaban J connectivity index is 2.30. The number of methoxy groups -OCH3 is 2. The lowest BCUT2D eigenvalue weighted by Crippen LogP contribution is -2.10. The summed E-state index contributed by atoms with van der Waals surface area (Å²) >= 11 is 0. The predicted molar refractivity (Wildman–Crippen MR) is 115 cm³/mol. The monoisotopic (exact) mass is 414 g/mol. The average molecular weight is 414 g/mol. The number of rotatable bonds is 9. The summed E-state index contributed by atoms with van der Waals surface area (Å²) < 4.78 is 33.9. The lowest BCUT2D eigenvalue weighted by Gasteiger charge is -2.15. The van der Waals surface area contributed by atoms with Gasteiger partial charge < -0.3 is 28.1 Å². The molecule has 7 heteroatoms. The van der Waals surface area contributed by atoms with E-state index in [4.69, 9.17) is 28.1 Å². The summed E-state index contributed by atoms with van der Waals surface area (Å²) in [5, 5.41) is 0.305. The van der Waals surface area contributed by atoms with E-state index in [0.29, 0.717) is 59.4 Å². The molecule has 0 saturated heterocycles. The molecule has 1 aromatic heterocycles. The van der Waals surface area contributed by atoms with Crippen molar-refractivity contribution in [1.82, 2.24) is 0 Å². The van der Waals surface area contributed by atoms with Crippen LogP contribution in [0, 0.1) is 0 Å². The van der Waals surface area contributed by atoms with Gasteiger partial charge in [0, 0.05) is 17.7 Å². The minimum absolute atomic E-state index is 0.0835. The van der Waals surface area contributed by atoms with Gasteiger partial charge in [0.2, 0.25) is 11.2 Å². The van der Waals surface area contributed by atoms with E-state index in [1.165, 1.54) is 7.11 Å².